The third kappa shape index (κ3) is 2.76. The molecule has 1 aliphatic heterocycles. The first-order valence-electron chi connectivity index (χ1n) is 6.25. The number of fused-ring (bicyclic) bond motifs is 1. The fraction of sp³-hybridized carbons (Fsp3) is 0.571. The normalized spacial score (nSPS) is 15.3. The molecule has 0 N–H and O–H groups in total. The molecule has 1 aliphatic rings. The molecule has 0 fully saturated rings. The van der Waals surface area contributed by atoms with Crippen molar-refractivity contribution in [3.8, 4) is 0 Å². The van der Waals surface area contributed by atoms with Gasteiger partial charge in [-0.1, -0.05) is 18.2 Å². The highest BCUT2D eigenvalue weighted by atomic mass is 15.1. The Balaban J connectivity index is 1.96. The zero-order valence-electron chi connectivity index (χ0n) is 10.4. The molecule has 2 heteroatoms. The van der Waals surface area contributed by atoms with Crippen LogP contribution in [0.5, 0.6) is 0 Å². The van der Waals surface area contributed by atoms with E-state index in [1.807, 2.05) is 0 Å². The number of nitrogens with zero attached hydrogens (tertiary/aromatic N) is 2. The minimum absolute atomic E-state index is 1.18. The molecule has 1 aromatic carbocycles. The molecule has 0 saturated carbocycles. The van der Waals surface area contributed by atoms with E-state index in [4.69, 9.17) is 0 Å². The quantitative estimate of drug-likeness (QED) is 0.765. The van der Waals surface area contributed by atoms with E-state index in [0.717, 1.165) is 0 Å². The van der Waals surface area contributed by atoms with Crippen molar-refractivity contribution in [1.29, 1.82) is 0 Å². The van der Waals surface area contributed by atoms with Crippen LogP contribution in [0.4, 0.5) is 5.69 Å². The van der Waals surface area contributed by atoms with E-state index in [-0.39, 0.29) is 0 Å². The van der Waals surface area contributed by atoms with Crippen LogP contribution in [0.1, 0.15) is 18.4 Å². The van der Waals surface area contributed by atoms with Gasteiger partial charge in [-0.05, 0) is 51.5 Å². The van der Waals surface area contributed by atoms with Gasteiger partial charge >= 0.3 is 0 Å². The van der Waals surface area contributed by atoms with Crippen molar-refractivity contribution in [3.63, 3.8) is 0 Å². The molecule has 0 aromatic heterocycles. The number of anilines is 1. The summed E-state index contributed by atoms with van der Waals surface area (Å²) < 4.78 is 0. The molecule has 2 rings (SSSR count). The van der Waals surface area contributed by atoms with E-state index < -0.39 is 0 Å². The maximum Gasteiger partial charge on any atom is 0.0398 e. The Morgan fingerprint density at radius 3 is 2.88 bits per heavy atom. The molecule has 0 radical (unpaired) electrons. The van der Waals surface area contributed by atoms with E-state index >= 15 is 0 Å². The maximum atomic E-state index is 2.54. The summed E-state index contributed by atoms with van der Waals surface area (Å²) in [5.41, 5.74) is 2.99. The number of rotatable bonds is 4. The molecular formula is C14H22N2. The second kappa shape index (κ2) is 5.35. The Labute approximate surface area is 98.9 Å². The Bertz CT molecular complexity index is 333. The van der Waals surface area contributed by atoms with E-state index in [1.54, 1.807) is 0 Å². The van der Waals surface area contributed by atoms with Crippen LogP contribution in [0.25, 0.3) is 0 Å². The predicted molar refractivity (Wildman–Crippen MR) is 70.1 cm³/mol. The van der Waals surface area contributed by atoms with Crippen molar-refractivity contribution in [2.24, 2.45) is 0 Å². The average Bonchev–Trinajstić information content (AvgIpc) is 2.29. The number of hydrogen-bond acceptors (Lipinski definition) is 2. The van der Waals surface area contributed by atoms with Gasteiger partial charge in [-0.3, -0.25) is 0 Å². The number of aryl methyl sites for hydroxylation is 1. The van der Waals surface area contributed by atoms with Crippen LogP contribution >= 0.6 is 0 Å². The minimum Gasteiger partial charge on any atom is -0.371 e. The van der Waals surface area contributed by atoms with Crippen LogP contribution in [0, 0.1) is 0 Å². The van der Waals surface area contributed by atoms with E-state index in [9.17, 15) is 0 Å². The van der Waals surface area contributed by atoms with Gasteiger partial charge in [0.2, 0.25) is 0 Å². The zero-order valence-corrected chi connectivity index (χ0v) is 10.4. The number of hydrogen-bond donors (Lipinski definition) is 0. The SMILES string of the molecule is CN(C)CCCN1CCCc2ccccc21. The first-order chi connectivity index (χ1) is 7.77. The molecule has 88 valence electrons. The molecule has 0 aliphatic carbocycles. The summed E-state index contributed by atoms with van der Waals surface area (Å²) in [5, 5.41) is 0. The van der Waals surface area contributed by atoms with Gasteiger partial charge in [-0.15, -0.1) is 0 Å². The molecule has 0 spiro atoms. The van der Waals surface area contributed by atoms with E-state index in [0.29, 0.717) is 0 Å². The van der Waals surface area contributed by atoms with Gasteiger partial charge in [-0.2, -0.15) is 0 Å². The first kappa shape index (κ1) is 11.5. The van der Waals surface area contributed by atoms with Gasteiger partial charge in [0.1, 0.15) is 0 Å². The fourth-order valence-electron chi connectivity index (χ4n) is 2.42. The summed E-state index contributed by atoms with van der Waals surface area (Å²) in [4.78, 5) is 4.80. The largest absolute Gasteiger partial charge is 0.371 e. The van der Waals surface area contributed by atoms with Gasteiger partial charge < -0.3 is 9.80 Å². The highest BCUT2D eigenvalue weighted by Crippen LogP contribution is 2.26. The van der Waals surface area contributed by atoms with E-state index in [1.165, 1.54) is 50.1 Å². The Hall–Kier alpha value is -1.02. The molecule has 1 aromatic rings. The average molecular weight is 218 g/mol. The molecule has 0 bridgehead atoms. The lowest BCUT2D eigenvalue weighted by Gasteiger charge is -2.31. The molecular weight excluding hydrogens is 196 g/mol. The third-order valence-corrected chi connectivity index (χ3v) is 3.24. The van der Waals surface area contributed by atoms with Crippen LogP contribution in [0.2, 0.25) is 0 Å². The van der Waals surface area contributed by atoms with Crippen LogP contribution in [0.15, 0.2) is 24.3 Å². The Morgan fingerprint density at radius 1 is 1.25 bits per heavy atom. The highest BCUT2D eigenvalue weighted by molar-refractivity contribution is 5.55. The van der Waals surface area contributed by atoms with Crippen molar-refractivity contribution in [1.82, 2.24) is 4.90 Å². The summed E-state index contributed by atoms with van der Waals surface area (Å²) in [6.45, 7) is 3.60. The predicted octanol–water partition coefficient (Wildman–Crippen LogP) is 2.39. The smallest absolute Gasteiger partial charge is 0.0398 e. The van der Waals surface area contributed by atoms with Crippen molar-refractivity contribution >= 4 is 5.69 Å². The summed E-state index contributed by atoms with van der Waals surface area (Å²) >= 11 is 0. The second-order valence-electron chi connectivity index (χ2n) is 4.88. The lowest BCUT2D eigenvalue weighted by Crippen LogP contribution is -2.31. The number of benzene rings is 1. The molecule has 0 saturated heterocycles. The highest BCUT2D eigenvalue weighted by Gasteiger charge is 2.15. The molecule has 0 atom stereocenters. The first-order valence-corrected chi connectivity index (χ1v) is 6.25. The molecule has 2 nitrogen and oxygen atoms in total. The van der Waals surface area contributed by atoms with Gasteiger partial charge in [0.25, 0.3) is 0 Å². The zero-order chi connectivity index (χ0) is 11.4. The van der Waals surface area contributed by atoms with Crippen molar-refractivity contribution in [2.75, 3.05) is 38.6 Å². The maximum absolute atomic E-state index is 2.54. The Morgan fingerprint density at radius 2 is 2.06 bits per heavy atom. The topological polar surface area (TPSA) is 6.48 Å². The minimum atomic E-state index is 1.18. The van der Waals surface area contributed by atoms with Crippen LogP contribution in [-0.2, 0) is 6.42 Å². The summed E-state index contributed by atoms with van der Waals surface area (Å²) in [7, 11) is 4.29. The van der Waals surface area contributed by atoms with Gasteiger partial charge in [0, 0.05) is 18.8 Å². The molecule has 1 heterocycles. The Kier molecular flexibility index (Phi) is 3.83. The van der Waals surface area contributed by atoms with Crippen molar-refractivity contribution < 1.29 is 0 Å². The molecule has 16 heavy (non-hydrogen) atoms. The number of para-hydroxylation sites is 1. The van der Waals surface area contributed by atoms with Crippen LogP contribution < -0.4 is 4.90 Å². The van der Waals surface area contributed by atoms with Gasteiger partial charge in [-0.25, -0.2) is 0 Å². The van der Waals surface area contributed by atoms with Crippen molar-refractivity contribution in [2.45, 2.75) is 19.3 Å². The molecule has 0 amide bonds. The summed E-state index contributed by atoms with van der Waals surface area (Å²) in [6.07, 6.45) is 3.81. The monoisotopic (exact) mass is 218 g/mol. The lowest BCUT2D eigenvalue weighted by atomic mass is 10.0. The molecule has 0 unspecified atom stereocenters. The fourth-order valence-corrected chi connectivity index (χ4v) is 2.42. The third-order valence-electron chi connectivity index (χ3n) is 3.24. The second-order valence-corrected chi connectivity index (χ2v) is 4.88. The lowest BCUT2D eigenvalue weighted by molar-refractivity contribution is 0.399. The summed E-state index contributed by atoms with van der Waals surface area (Å²) in [6, 6.07) is 8.85. The van der Waals surface area contributed by atoms with Crippen molar-refractivity contribution in [3.05, 3.63) is 29.8 Å². The summed E-state index contributed by atoms with van der Waals surface area (Å²) in [5.74, 6) is 0. The van der Waals surface area contributed by atoms with Gasteiger partial charge in [0.05, 0.1) is 0 Å². The van der Waals surface area contributed by atoms with Crippen LogP contribution in [-0.4, -0.2) is 38.6 Å². The van der Waals surface area contributed by atoms with E-state index in [2.05, 4.69) is 48.2 Å². The van der Waals surface area contributed by atoms with Gasteiger partial charge in [0.15, 0.2) is 0 Å². The van der Waals surface area contributed by atoms with Crippen LogP contribution in [0.3, 0.4) is 0 Å². The standard InChI is InChI=1S/C14H22N2/c1-15(2)10-6-12-16-11-5-8-13-7-3-4-9-14(13)16/h3-4,7,9H,5-6,8,10-12H2,1-2H3.